The number of aromatic nitrogens is 2. The molecule has 1 aliphatic rings. The maximum Gasteiger partial charge on any atom is 0.0605 e. The van der Waals surface area contributed by atoms with Crippen LogP contribution in [0, 0.1) is 0 Å². The van der Waals surface area contributed by atoms with E-state index in [1.807, 2.05) is 6.20 Å². The lowest BCUT2D eigenvalue weighted by atomic mass is 10.0. The Morgan fingerprint density at radius 2 is 1.84 bits per heavy atom. The molecule has 0 bridgehead atoms. The average molecular weight is 253 g/mol. The molecule has 3 heteroatoms. The summed E-state index contributed by atoms with van der Waals surface area (Å²) >= 11 is 0. The first-order chi connectivity index (χ1) is 9.43. The Bertz CT molecular complexity index is 492. The minimum Gasteiger partial charge on any atom is -0.296 e. The van der Waals surface area contributed by atoms with Gasteiger partial charge in [0, 0.05) is 31.1 Å². The first-order valence-electron chi connectivity index (χ1n) is 6.97. The van der Waals surface area contributed by atoms with E-state index in [1.54, 1.807) is 12.4 Å². The van der Waals surface area contributed by atoms with Crippen LogP contribution in [0.3, 0.4) is 0 Å². The highest BCUT2D eigenvalue weighted by Gasteiger charge is 2.23. The van der Waals surface area contributed by atoms with Crippen molar-refractivity contribution in [1.82, 2.24) is 14.9 Å². The number of benzene rings is 1. The normalized spacial score (nSPS) is 17.5. The van der Waals surface area contributed by atoms with Gasteiger partial charge in [0.2, 0.25) is 0 Å². The van der Waals surface area contributed by atoms with Gasteiger partial charge in [-0.3, -0.25) is 14.9 Å². The molecule has 3 nitrogen and oxygen atoms in total. The SMILES string of the molecule is c1ccc([C@H](Cc2cnccn2)N2CCCC2)cc1. The second-order valence-electron chi connectivity index (χ2n) is 5.07. The van der Waals surface area contributed by atoms with Gasteiger partial charge in [-0.05, 0) is 31.5 Å². The lowest BCUT2D eigenvalue weighted by molar-refractivity contribution is 0.242. The van der Waals surface area contributed by atoms with Gasteiger partial charge in [-0.2, -0.15) is 0 Å². The van der Waals surface area contributed by atoms with Gasteiger partial charge >= 0.3 is 0 Å². The lowest BCUT2D eigenvalue weighted by Crippen LogP contribution is -2.27. The van der Waals surface area contributed by atoms with E-state index in [9.17, 15) is 0 Å². The van der Waals surface area contributed by atoms with Crippen LogP contribution in [0.4, 0.5) is 0 Å². The van der Waals surface area contributed by atoms with Gasteiger partial charge < -0.3 is 0 Å². The van der Waals surface area contributed by atoms with Crippen LogP contribution in [0.5, 0.6) is 0 Å². The van der Waals surface area contributed by atoms with Gasteiger partial charge in [0.25, 0.3) is 0 Å². The van der Waals surface area contributed by atoms with Crippen LogP contribution in [0.25, 0.3) is 0 Å². The molecule has 0 unspecified atom stereocenters. The molecule has 98 valence electrons. The van der Waals surface area contributed by atoms with E-state index in [-0.39, 0.29) is 0 Å². The minimum absolute atomic E-state index is 0.431. The molecule has 0 N–H and O–H groups in total. The molecular weight excluding hydrogens is 234 g/mol. The van der Waals surface area contributed by atoms with Gasteiger partial charge in [-0.1, -0.05) is 30.3 Å². The molecule has 1 aliphatic heterocycles. The first-order valence-corrected chi connectivity index (χ1v) is 6.97. The van der Waals surface area contributed by atoms with Gasteiger partial charge in [0.1, 0.15) is 0 Å². The summed E-state index contributed by atoms with van der Waals surface area (Å²) in [7, 11) is 0. The Balaban J connectivity index is 1.84. The predicted molar refractivity (Wildman–Crippen MR) is 75.7 cm³/mol. The lowest BCUT2D eigenvalue weighted by Gasteiger charge is -2.27. The molecule has 0 amide bonds. The zero-order valence-corrected chi connectivity index (χ0v) is 11.1. The van der Waals surface area contributed by atoms with Crippen LogP contribution < -0.4 is 0 Å². The van der Waals surface area contributed by atoms with Crippen molar-refractivity contribution in [3.63, 3.8) is 0 Å². The molecule has 0 saturated carbocycles. The fourth-order valence-corrected chi connectivity index (χ4v) is 2.82. The molecule has 0 spiro atoms. The summed E-state index contributed by atoms with van der Waals surface area (Å²) in [5.74, 6) is 0. The van der Waals surface area contributed by atoms with E-state index in [2.05, 4.69) is 45.2 Å². The number of rotatable bonds is 4. The van der Waals surface area contributed by atoms with Crippen LogP contribution in [0.15, 0.2) is 48.9 Å². The van der Waals surface area contributed by atoms with Crippen molar-refractivity contribution in [2.24, 2.45) is 0 Å². The third-order valence-electron chi connectivity index (χ3n) is 3.78. The topological polar surface area (TPSA) is 29.0 Å². The Hall–Kier alpha value is -1.74. The van der Waals surface area contributed by atoms with Gasteiger partial charge in [-0.15, -0.1) is 0 Å². The van der Waals surface area contributed by atoms with Crippen LogP contribution in [-0.2, 0) is 6.42 Å². The molecule has 2 aromatic rings. The quantitative estimate of drug-likeness (QED) is 0.839. The zero-order chi connectivity index (χ0) is 12.9. The highest BCUT2D eigenvalue weighted by molar-refractivity contribution is 5.21. The Morgan fingerprint density at radius 1 is 1.05 bits per heavy atom. The van der Waals surface area contributed by atoms with Crippen molar-refractivity contribution in [2.45, 2.75) is 25.3 Å². The molecule has 0 radical (unpaired) electrons. The summed E-state index contributed by atoms with van der Waals surface area (Å²) in [6.45, 7) is 2.39. The second-order valence-corrected chi connectivity index (χ2v) is 5.07. The molecule has 0 aliphatic carbocycles. The van der Waals surface area contributed by atoms with Crippen LogP contribution in [0.2, 0.25) is 0 Å². The Kier molecular flexibility index (Phi) is 3.84. The molecule has 1 aromatic heterocycles. The monoisotopic (exact) mass is 253 g/mol. The fraction of sp³-hybridized carbons (Fsp3) is 0.375. The van der Waals surface area contributed by atoms with Crippen molar-refractivity contribution in [3.05, 3.63) is 60.2 Å². The van der Waals surface area contributed by atoms with E-state index >= 15 is 0 Å². The van der Waals surface area contributed by atoms with Crippen molar-refractivity contribution in [2.75, 3.05) is 13.1 Å². The number of hydrogen-bond donors (Lipinski definition) is 0. The van der Waals surface area contributed by atoms with Crippen molar-refractivity contribution in [1.29, 1.82) is 0 Å². The third kappa shape index (κ3) is 2.99. The Morgan fingerprint density at radius 3 is 2.53 bits per heavy atom. The number of hydrogen-bond acceptors (Lipinski definition) is 3. The first kappa shape index (κ1) is 12.3. The van der Waals surface area contributed by atoms with Crippen LogP contribution in [-0.4, -0.2) is 28.0 Å². The average Bonchev–Trinajstić information content (AvgIpc) is 3.01. The molecule has 19 heavy (non-hydrogen) atoms. The molecule has 1 saturated heterocycles. The van der Waals surface area contributed by atoms with Crippen molar-refractivity contribution < 1.29 is 0 Å². The summed E-state index contributed by atoms with van der Waals surface area (Å²) in [6, 6.07) is 11.2. The Labute approximate surface area is 114 Å². The standard InChI is InChI=1S/C16H19N3/c1-2-6-14(7-3-1)16(19-10-4-5-11-19)12-15-13-17-8-9-18-15/h1-3,6-9,13,16H,4-5,10-12H2/t16-/m0/s1. The summed E-state index contributed by atoms with van der Waals surface area (Å²) in [5.41, 5.74) is 2.46. The summed E-state index contributed by atoms with van der Waals surface area (Å²) in [5, 5.41) is 0. The summed E-state index contributed by atoms with van der Waals surface area (Å²) in [4.78, 5) is 11.2. The molecule has 1 atom stereocenters. The third-order valence-corrected chi connectivity index (χ3v) is 3.78. The highest BCUT2D eigenvalue weighted by atomic mass is 15.2. The fourth-order valence-electron chi connectivity index (χ4n) is 2.82. The molecular formula is C16H19N3. The molecule has 2 heterocycles. The van der Waals surface area contributed by atoms with E-state index in [0.717, 1.165) is 12.1 Å². The van der Waals surface area contributed by atoms with Gasteiger partial charge in [0.15, 0.2) is 0 Å². The zero-order valence-electron chi connectivity index (χ0n) is 11.1. The number of nitrogens with zero attached hydrogens (tertiary/aromatic N) is 3. The van der Waals surface area contributed by atoms with Gasteiger partial charge in [0.05, 0.1) is 5.69 Å². The highest BCUT2D eigenvalue weighted by Crippen LogP contribution is 2.27. The maximum absolute atomic E-state index is 4.43. The minimum atomic E-state index is 0.431. The van der Waals surface area contributed by atoms with E-state index < -0.39 is 0 Å². The molecule has 3 rings (SSSR count). The summed E-state index contributed by atoms with van der Waals surface area (Å²) < 4.78 is 0. The predicted octanol–water partition coefficient (Wildman–Crippen LogP) is 2.86. The van der Waals surface area contributed by atoms with E-state index in [1.165, 1.54) is 31.5 Å². The molecule has 1 aromatic carbocycles. The van der Waals surface area contributed by atoms with Crippen LogP contribution >= 0.6 is 0 Å². The second kappa shape index (κ2) is 5.93. The van der Waals surface area contributed by atoms with Crippen LogP contribution in [0.1, 0.15) is 30.1 Å². The van der Waals surface area contributed by atoms with E-state index in [4.69, 9.17) is 0 Å². The largest absolute Gasteiger partial charge is 0.296 e. The molecule has 1 fully saturated rings. The van der Waals surface area contributed by atoms with Gasteiger partial charge in [-0.25, -0.2) is 0 Å². The summed E-state index contributed by atoms with van der Waals surface area (Å²) in [6.07, 6.45) is 8.95. The van der Waals surface area contributed by atoms with Crippen molar-refractivity contribution in [3.8, 4) is 0 Å². The smallest absolute Gasteiger partial charge is 0.0605 e. The maximum atomic E-state index is 4.43. The number of likely N-dealkylation sites (tertiary alicyclic amines) is 1. The van der Waals surface area contributed by atoms with E-state index in [0.29, 0.717) is 6.04 Å². The van der Waals surface area contributed by atoms with Crippen molar-refractivity contribution >= 4 is 0 Å².